The van der Waals surface area contributed by atoms with Gasteiger partial charge in [0.2, 0.25) is 0 Å². The summed E-state index contributed by atoms with van der Waals surface area (Å²) in [5, 5.41) is 2.73. The Hall–Kier alpha value is -1.59. The van der Waals surface area contributed by atoms with Gasteiger partial charge in [0.15, 0.2) is 5.78 Å². The van der Waals surface area contributed by atoms with E-state index in [1.807, 2.05) is 17.5 Å². The normalized spacial score (nSPS) is 10.9. The first-order chi connectivity index (χ1) is 9.58. The molecule has 0 aliphatic rings. The average Bonchev–Trinajstić information content (AvgIpc) is 2.85. The molecule has 0 N–H and O–H groups in total. The van der Waals surface area contributed by atoms with E-state index in [1.165, 1.54) is 11.3 Å². The van der Waals surface area contributed by atoms with Crippen LogP contribution in [0.3, 0.4) is 0 Å². The van der Waals surface area contributed by atoms with Crippen LogP contribution in [0.1, 0.15) is 15.9 Å². The standard InChI is InChI=1S/C15H7BrF2OS/c16-9-6-11(17)13(12(18)7-9)14(19)10-3-1-2-8-4-5-20-15(8)10/h1-7H. The molecule has 0 saturated carbocycles. The van der Waals surface area contributed by atoms with Gasteiger partial charge in [-0.3, -0.25) is 4.79 Å². The first-order valence-corrected chi connectivity index (χ1v) is 7.40. The molecular formula is C15H7BrF2OS. The Morgan fingerprint density at radius 2 is 1.80 bits per heavy atom. The zero-order valence-electron chi connectivity index (χ0n) is 9.99. The van der Waals surface area contributed by atoms with E-state index in [0.717, 1.165) is 22.2 Å². The minimum Gasteiger partial charge on any atom is -0.288 e. The van der Waals surface area contributed by atoms with E-state index in [-0.39, 0.29) is 4.47 Å². The Balaban J connectivity index is 2.21. The van der Waals surface area contributed by atoms with Gasteiger partial charge in [0.05, 0.1) is 5.56 Å². The topological polar surface area (TPSA) is 17.1 Å². The Bertz CT molecular complexity index is 803. The third-order valence-electron chi connectivity index (χ3n) is 2.96. The summed E-state index contributed by atoms with van der Waals surface area (Å²) in [7, 11) is 0. The van der Waals surface area contributed by atoms with E-state index in [2.05, 4.69) is 15.9 Å². The van der Waals surface area contributed by atoms with Crippen molar-refractivity contribution in [1.82, 2.24) is 0 Å². The highest BCUT2D eigenvalue weighted by molar-refractivity contribution is 9.10. The average molecular weight is 353 g/mol. The quantitative estimate of drug-likeness (QED) is 0.581. The fourth-order valence-corrected chi connectivity index (χ4v) is 3.38. The number of carbonyl (C=O) groups excluding carboxylic acids is 1. The summed E-state index contributed by atoms with van der Waals surface area (Å²) >= 11 is 4.37. The molecule has 0 unspecified atom stereocenters. The van der Waals surface area contributed by atoms with Crippen LogP contribution in [0.15, 0.2) is 46.3 Å². The lowest BCUT2D eigenvalue weighted by Crippen LogP contribution is -2.07. The van der Waals surface area contributed by atoms with Crippen molar-refractivity contribution < 1.29 is 13.6 Å². The summed E-state index contributed by atoms with van der Waals surface area (Å²) in [5.74, 6) is -2.37. The third kappa shape index (κ3) is 2.17. The molecule has 0 fully saturated rings. The van der Waals surface area contributed by atoms with Gasteiger partial charge >= 0.3 is 0 Å². The van der Waals surface area contributed by atoms with Crippen LogP contribution >= 0.6 is 27.3 Å². The van der Waals surface area contributed by atoms with Crippen LogP contribution in [-0.2, 0) is 0 Å². The molecule has 0 spiro atoms. The minimum atomic E-state index is -0.865. The summed E-state index contributed by atoms with van der Waals surface area (Å²) in [6, 6.07) is 9.19. The van der Waals surface area contributed by atoms with Crippen molar-refractivity contribution in [2.45, 2.75) is 0 Å². The van der Waals surface area contributed by atoms with Crippen molar-refractivity contribution >= 4 is 43.1 Å². The predicted molar refractivity (Wildman–Crippen MR) is 79.3 cm³/mol. The number of benzene rings is 2. The van der Waals surface area contributed by atoms with E-state index in [9.17, 15) is 13.6 Å². The summed E-state index contributed by atoms with van der Waals surface area (Å²) in [5.41, 5.74) is -0.202. The highest BCUT2D eigenvalue weighted by atomic mass is 79.9. The van der Waals surface area contributed by atoms with E-state index >= 15 is 0 Å². The maximum absolute atomic E-state index is 13.9. The molecule has 0 aliphatic carbocycles. The van der Waals surface area contributed by atoms with Crippen molar-refractivity contribution in [1.29, 1.82) is 0 Å². The van der Waals surface area contributed by atoms with Crippen LogP contribution in [0.5, 0.6) is 0 Å². The Morgan fingerprint density at radius 3 is 2.50 bits per heavy atom. The van der Waals surface area contributed by atoms with Crippen LogP contribution in [0.2, 0.25) is 0 Å². The lowest BCUT2D eigenvalue weighted by Gasteiger charge is -2.06. The molecule has 3 aromatic rings. The van der Waals surface area contributed by atoms with Gasteiger partial charge in [0.25, 0.3) is 0 Å². The van der Waals surface area contributed by atoms with Crippen molar-refractivity contribution in [3.8, 4) is 0 Å². The van der Waals surface area contributed by atoms with Crippen molar-refractivity contribution in [3.63, 3.8) is 0 Å². The van der Waals surface area contributed by atoms with Gasteiger partial charge in [-0.25, -0.2) is 8.78 Å². The SMILES string of the molecule is O=C(c1c(F)cc(Br)cc1F)c1cccc2ccsc12. The molecule has 0 aliphatic heterocycles. The number of carbonyl (C=O) groups is 1. The number of thiophene rings is 1. The van der Waals surface area contributed by atoms with E-state index < -0.39 is 23.0 Å². The van der Waals surface area contributed by atoms with Gasteiger partial charge in [-0.15, -0.1) is 11.3 Å². The molecule has 1 nitrogen and oxygen atoms in total. The molecule has 100 valence electrons. The van der Waals surface area contributed by atoms with Gasteiger partial charge < -0.3 is 0 Å². The Kier molecular flexibility index (Phi) is 3.40. The van der Waals surface area contributed by atoms with Crippen LogP contribution in [0.25, 0.3) is 10.1 Å². The first-order valence-electron chi connectivity index (χ1n) is 5.73. The second-order valence-electron chi connectivity index (χ2n) is 4.22. The van der Waals surface area contributed by atoms with Gasteiger partial charge in [-0.2, -0.15) is 0 Å². The molecular weight excluding hydrogens is 346 g/mol. The molecule has 0 atom stereocenters. The van der Waals surface area contributed by atoms with Crippen molar-refractivity contribution in [3.05, 3.63) is 69.0 Å². The highest BCUT2D eigenvalue weighted by Gasteiger charge is 2.21. The molecule has 2 aromatic carbocycles. The lowest BCUT2D eigenvalue weighted by molar-refractivity contribution is 0.103. The summed E-state index contributed by atoms with van der Waals surface area (Å²) in [6.45, 7) is 0. The van der Waals surface area contributed by atoms with Gasteiger partial charge in [-0.1, -0.05) is 28.1 Å². The molecule has 0 bridgehead atoms. The second kappa shape index (κ2) is 5.07. The summed E-state index contributed by atoms with van der Waals surface area (Å²) < 4.78 is 28.8. The molecule has 0 saturated heterocycles. The zero-order chi connectivity index (χ0) is 14.3. The lowest BCUT2D eigenvalue weighted by atomic mass is 10.0. The largest absolute Gasteiger partial charge is 0.288 e. The maximum Gasteiger partial charge on any atom is 0.200 e. The summed E-state index contributed by atoms with van der Waals surface area (Å²) in [4.78, 5) is 12.4. The fourth-order valence-electron chi connectivity index (χ4n) is 2.07. The number of hydrogen-bond acceptors (Lipinski definition) is 2. The third-order valence-corrected chi connectivity index (χ3v) is 4.38. The number of fused-ring (bicyclic) bond motifs is 1. The minimum absolute atomic E-state index is 0.262. The van der Waals surface area contributed by atoms with Gasteiger partial charge in [0, 0.05) is 14.7 Å². The fraction of sp³-hybridized carbons (Fsp3) is 0. The van der Waals surface area contributed by atoms with E-state index in [4.69, 9.17) is 0 Å². The predicted octanol–water partition coefficient (Wildman–Crippen LogP) is 5.17. The summed E-state index contributed by atoms with van der Waals surface area (Å²) in [6.07, 6.45) is 0. The molecule has 20 heavy (non-hydrogen) atoms. The monoisotopic (exact) mass is 352 g/mol. The Labute approximate surface area is 126 Å². The van der Waals surface area contributed by atoms with E-state index in [1.54, 1.807) is 12.1 Å². The molecule has 0 amide bonds. The maximum atomic E-state index is 13.9. The van der Waals surface area contributed by atoms with Gasteiger partial charge in [0.1, 0.15) is 11.6 Å². The number of ketones is 1. The number of hydrogen-bond donors (Lipinski definition) is 0. The van der Waals surface area contributed by atoms with E-state index in [0.29, 0.717) is 5.56 Å². The Morgan fingerprint density at radius 1 is 1.10 bits per heavy atom. The molecule has 1 heterocycles. The number of halogens is 3. The first kappa shape index (κ1) is 13.4. The second-order valence-corrected chi connectivity index (χ2v) is 6.05. The van der Waals surface area contributed by atoms with Crippen molar-refractivity contribution in [2.75, 3.05) is 0 Å². The van der Waals surface area contributed by atoms with Crippen LogP contribution < -0.4 is 0 Å². The van der Waals surface area contributed by atoms with Crippen LogP contribution in [0, 0.1) is 11.6 Å². The highest BCUT2D eigenvalue weighted by Crippen LogP contribution is 2.29. The van der Waals surface area contributed by atoms with Crippen LogP contribution in [-0.4, -0.2) is 5.78 Å². The van der Waals surface area contributed by atoms with Crippen LogP contribution in [0.4, 0.5) is 8.78 Å². The van der Waals surface area contributed by atoms with Gasteiger partial charge in [-0.05, 0) is 35.0 Å². The zero-order valence-corrected chi connectivity index (χ0v) is 12.4. The molecule has 1 aromatic heterocycles. The number of rotatable bonds is 2. The smallest absolute Gasteiger partial charge is 0.200 e. The molecule has 3 rings (SSSR count). The molecule has 5 heteroatoms. The van der Waals surface area contributed by atoms with Crippen molar-refractivity contribution in [2.24, 2.45) is 0 Å². The molecule has 0 radical (unpaired) electrons.